The molecule has 0 aromatic carbocycles. The first kappa shape index (κ1) is 15.0. The lowest BCUT2D eigenvalue weighted by atomic mass is 10.1. The lowest BCUT2D eigenvalue weighted by molar-refractivity contribution is -0.141. The number of anilines is 1. The molecule has 1 N–H and O–H groups in total. The summed E-state index contributed by atoms with van der Waals surface area (Å²) in [4.78, 5) is 23.2. The Morgan fingerprint density at radius 1 is 1.55 bits per heavy atom. The number of halogens is 1. The van der Waals surface area contributed by atoms with E-state index in [1.807, 2.05) is 0 Å². The van der Waals surface area contributed by atoms with E-state index in [4.69, 9.17) is 0 Å². The Balaban J connectivity index is 2.05. The highest BCUT2D eigenvalue weighted by molar-refractivity contribution is 9.10. The number of esters is 1. The summed E-state index contributed by atoms with van der Waals surface area (Å²) in [6, 6.07) is 0. The zero-order valence-electron chi connectivity index (χ0n) is 11.4. The molecule has 110 valence electrons. The van der Waals surface area contributed by atoms with Crippen molar-refractivity contribution in [3.05, 3.63) is 21.0 Å². The van der Waals surface area contributed by atoms with E-state index in [0.717, 1.165) is 11.2 Å². The van der Waals surface area contributed by atoms with E-state index in [0.29, 0.717) is 16.1 Å². The molecule has 20 heavy (non-hydrogen) atoms. The van der Waals surface area contributed by atoms with Gasteiger partial charge in [-0.05, 0) is 34.7 Å². The summed E-state index contributed by atoms with van der Waals surface area (Å²) in [5, 5.41) is 7.23. The topological polar surface area (TPSA) is 73.2 Å². The third-order valence-electron chi connectivity index (χ3n) is 3.55. The second-order valence-electron chi connectivity index (χ2n) is 4.94. The fourth-order valence-electron chi connectivity index (χ4n) is 2.36. The van der Waals surface area contributed by atoms with Crippen LogP contribution in [0.25, 0.3) is 0 Å². The molecule has 1 saturated carbocycles. The molecule has 1 aromatic rings. The summed E-state index contributed by atoms with van der Waals surface area (Å²) in [5.74, 6) is 0.164. The normalized spacial score (nSPS) is 15.3. The molecule has 1 aliphatic rings. The molecule has 0 radical (unpaired) electrons. The molecule has 1 aliphatic carbocycles. The van der Waals surface area contributed by atoms with Gasteiger partial charge in [-0.2, -0.15) is 5.10 Å². The molecule has 1 heterocycles. The highest BCUT2D eigenvalue weighted by Crippen LogP contribution is 2.25. The monoisotopic (exact) mass is 343 g/mol. The van der Waals surface area contributed by atoms with Crippen LogP contribution in [0.1, 0.15) is 25.7 Å². The van der Waals surface area contributed by atoms with Crippen molar-refractivity contribution in [2.24, 2.45) is 5.92 Å². The first-order chi connectivity index (χ1) is 9.61. The highest BCUT2D eigenvalue weighted by Gasteiger charge is 2.16. The fourth-order valence-corrected chi connectivity index (χ4v) is 2.80. The van der Waals surface area contributed by atoms with Crippen LogP contribution in [0, 0.1) is 5.92 Å². The number of nitrogens with zero attached hydrogens (tertiary/aromatic N) is 2. The zero-order chi connectivity index (χ0) is 14.5. The third kappa shape index (κ3) is 3.59. The van der Waals surface area contributed by atoms with E-state index in [9.17, 15) is 9.59 Å². The van der Waals surface area contributed by atoms with Gasteiger partial charge in [0.1, 0.15) is 11.0 Å². The Hall–Kier alpha value is -1.37. The summed E-state index contributed by atoms with van der Waals surface area (Å²) < 4.78 is 6.00. The van der Waals surface area contributed by atoms with Crippen LogP contribution >= 0.6 is 15.9 Å². The van der Waals surface area contributed by atoms with Crippen molar-refractivity contribution in [3.63, 3.8) is 0 Å². The van der Waals surface area contributed by atoms with E-state index >= 15 is 0 Å². The number of aromatic nitrogens is 2. The molecule has 0 amide bonds. The van der Waals surface area contributed by atoms with Crippen molar-refractivity contribution >= 4 is 27.6 Å². The molecule has 2 rings (SSSR count). The molecule has 1 aromatic heterocycles. The molecule has 0 aliphatic heterocycles. The van der Waals surface area contributed by atoms with E-state index in [1.165, 1.54) is 32.8 Å². The second-order valence-corrected chi connectivity index (χ2v) is 5.74. The van der Waals surface area contributed by atoms with E-state index < -0.39 is 5.97 Å². The predicted octanol–water partition coefficient (Wildman–Crippen LogP) is 1.78. The van der Waals surface area contributed by atoms with Crippen molar-refractivity contribution < 1.29 is 9.53 Å². The summed E-state index contributed by atoms with van der Waals surface area (Å²) in [5.41, 5.74) is 0.329. The maximum Gasteiger partial charge on any atom is 0.327 e. The molecule has 7 heteroatoms. The quantitative estimate of drug-likeness (QED) is 0.825. The molecule has 0 spiro atoms. The summed E-state index contributed by atoms with van der Waals surface area (Å²) >= 11 is 3.26. The number of nitrogens with one attached hydrogen (secondary N) is 1. The highest BCUT2D eigenvalue weighted by atomic mass is 79.9. The molecule has 6 nitrogen and oxygen atoms in total. The largest absolute Gasteiger partial charge is 0.468 e. The maximum absolute atomic E-state index is 12.0. The summed E-state index contributed by atoms with van der Waals surface area (Å²) in [7, 11) is 1.28. The maximum atomic E-state index is 12.0. The Kier molecular flexibility index (Phi) is 5.17. The van der Waals surface area contributed by atoms with Crippen LogP contribution < -0.4 is 10.9 Å². The SMILES string of the molecule is COC(=O)Cn1ncc(NCC2CCCC2)c(Br)c1=O. The van der Waals surface area contributed by atoms with E-state index in [-0.39, 0.29) is 12.1 Å². The van der Waals surface area contributed by atoms with Crippen molar-refractivity contribution in [1.82, 2.24) is 9.78 Å². The first-order valence-corrected chi connectivity index (χ1v) is 7.47. The Morgan fingerprint density at radius 3 is 2.90 bits per heavy atom. The van der Waals surface area contributed by atoms with Gasteiger partial charge >= 0.3 is 5.97 Å². The van der Waals surface area contributed by atoms with Crippen LogP contribution in [0.4, 0.5) is 5.69 Å². The van der Waals surface area contributed by atoms with Crippen LogP contribution in [0.5, 0.6) is 0 Å². The number of hydrogen-bond donors (Lipinski definition) is 1. The number of methoxy groups -OCH3 is 1. The number of carbonyl (C=O) groups excluding carboxylic acids is 1. The minimum Gasteiger partial charge on any atom is -0.468 e. The lowest BCUT2D eigenvalue weighted by Crippen LogP contribution is -2.28. The molecule has 1 fully saturated rings. The lowest BCUT2D eigenvalue weighted by Gasteiger charge is -2.13. The van der Waals surface area contributed by atoms with E-state index in [1.54, 1.807) is 6.20 Å². The first-order valence-electron chi connectivity index (χ1n) is 6.68. The Bertz CT molecular complexity index is 538. The van der Waals surface area contributed by atoms with Gasteiger partial charge in [0.2, 0.25) is 0 Å². The van der Waals surface area contributed by atoms with Crippen LogP contribution in [-0.2, 0) is 16.1 Å². The molecule has 0 unspecified atom stereocenters. The number of carbonyl (C=O) groups is 1. The van der Waals surface area contributed by atoms with Crippen molar-refractivity contribution in [2.45, 2.75) is 32.2 Å². The minimum absolute atomic E-state index is 0.184. The number of ether oxygens (including phenoxy) is 1. The Labute approximate surface area is 125 Å². The van der Waals surface area contributed by atoms with Crippen LogP contribution in [0.3, 0.4) is 0 Å². The molecule has 0 saturated heterocycles. The van der Waals surface area contributed by atoms with Gasteiger partial charge in [0.15, 0.2) is 0 Å². The van der Waals surface area contributed by atoms with Gasteiger partial charge in [-0.15, -0.1) is 0 Å². The number of hydrogen-bond acceptors (Lipinski definition) is 5. The second kappa shape index (κ2) is 6.88. The number of rotatable bonds is 5. The standard InChI is InChI=1S/C13H18BrN3O3/c1-20-11(18)8-17-13(19)12(14)10(7-16-17)15-6-9-4-2-3-5-9/h7,9,15H,2-6,8H2,1H3. The molecule has 0 atom stereocenters. The van der Waals surface area contributed by atoms with Gasteiger partial charge in [0.05, 0.1) is 19.0 Å². The van der Waals surface area contributed by atoms with Crippen molar-refractivity contribution in [1.29, 1.82) is 0 Å². The van der Waals surface area contributed by atoms with Gasteiger partial charge in [0, 0.05) is 6.54 Å². The Morgan fingerprint density at radius 2 is 2.25 bits per heavy atom. The van der Waals surface area contributed by atoms with Crippen LogP contribution in [0.15, 0.2) is 15.5 Å². The molecule has 0 bridgehead atoms. The van der Waals surface area contributed by atoms with Gasteiger partial charge in [-0.1, -0.05) is 12.8 Å². The van der Waals surface area contributed by atoms with E-state index in [2.05, 4.69) is 31.1 Å². The minimum atomic E-state index is -0.502. The summed E-state index contributed by atoms with van der Waals surface area (Å²) in [6.45, 7) is 0.664. The summed E-state index contributed by atoms with van der Waals surface area (Å²) in [6.07, 6.45) is 6.59. The van der Waals surface area contributed by atoms with Crippen LogP contribution in [0.2, 0.25) is 0 Å². The average Bonchev–Trinajstić information content (AvgIpc) is 2.96. The predicted molar refractivity (Wildman–Crippen MR) is 78.7 cm³/mol. The van der Waals surface area contributed by atoms with Crippen molar-refractivity contribution in [2.75, 3.05) is 19.0 Å². The molecular formula is C13H18BrN3O3. The van der Waals surface area contributed by atoms with Crippen molar-refractivity contribution in [3.8, 4) is 0 Å². The smallest absolute Gasteiger partial charge is 0.327 e. The average molecular weight is 344 g/mol. The molecular weight excluding hydrogens is 326 g/mol. The zero-order valence-corrected chi connectivity index (χ0v) is 13.0. The third-order valence-corrected chi connectivity index (χ3v) is 4.31. The van der Waals surface area contributed by atoms with Gasteiger partial charge in [-0.3, -0.25) is 9.59 Å². The van der Waals surface area contributed by atoms with Crippen LogP contribution in [-0.4, -0.2) is 29.4 Å². The van der Waals surface area contributed by atoms with Gasteiger partial charge < -0.3 is 10.1 Å². The van der Waals surface area contributed by atoms with Gasteiger partial charge in [0.25, 0.3) is 5.56 Å². The van der Waals surface area contributed by atoms with Gasteiger partial charge in [-0.25, -0.2) is 4.68 Å². The fraction of sp³-hybridized carbons (Fsp3) is 0.615.